The second kappa shape index (κ2) is 7.41. The van der Waals surface area contributed by atoms with Crippen LogP contribution < -0.4 is 5.43 Å². The molecule has 0 aliphatic carbocycles. The van der Waals surface area contributed by atoms with E-state index in [0.717, 1.165) is 0 Å². The van der Waals surface area contributed by atoms with Crippen LogP contribution in [0.1, 0.15) is 23.0 Å². The van der Waals surface area contributed by atoms with Gasteiger partial charge in [-0.1, -0.05) is 23.2 Å². The number of nitro groups is 1. The molecule has 1 amide bonds. The zero-order valence-electron chi connectivity index (χ0n) is 12.8. The van der Waals surface area contributed by atoms with Gasteiger partial charge in [0.05, 0.1) is 32.6 Å². The summed E-state index contributed by atoms with van der Waals surface area (Å²) in [5.74, 6) is -0.684. The van der Waals surface area contributed by atoms with Crippen molar-refractivity contribution in [3.8, 4) is 0 Å². The number of benzene rings is 1. The van der Waals surface area contributed by atoms with Crippen LogP contribution in [0.5, 0.6) is 0 Å². The molecule has 0 bridgehead atoms. The minimum atomic E-state index is -0.567. The third-order valence-corrected chi connectivity index (χ3v) is 3.80. The van der Waals surface area contributed by atoms with E-state index in [9.17, 15) is 14.9 Å². The first-order chi connectivity index (χ1) is 11.3. The lowest BCUT2D eigenvalue weighted by atomic mass is 10.2. The summed E-state index contributed by atoms with van der Waals surface area (Å²) < 4.78 is 1.43. The number of carbonyl (C=O) groups is 1. The average Bonchev–Trinajstić information content (AvgIpc) is 2.89. The number of nitrogens with zero attached hydrogens (tertiary/aromatic N) is 4. The highest BCUT2D eigenvalue weighted by Gasteiger charge is 2.15. The zero-order valence-corrected chi connectivity index (χ0v) is 14.3. The molecule has 0 saturated heterocycles. The van der Waals surface area contributed by atoms with Crippen LogP contribution >= 0.6 is 23.2 Å². The molecule has 1 heterocycles. The first-order valence-corrected chi connectivity index (χ1v) is 7.51. The van der Waals surface area contributed by atoms with Crippen molar-refractivity contribution < 1.29 is 9.72 Å². The Bertz CT molecular complexity index is 832. The summed E-state index contributed by atoms with van der Waals surface area (Å²) >= 11 is 11.7. The molecule has 0 aliphatic rings. The highest BCUT2D eigenvalue weighted by molar-refractivity contribution is 6.42. The number of aryl methyl sites for hydroxylation is 1. The molecule has 2 aromatic rings. The molecule has 24 heavy (non-hydrogen) atoms. The van der Waals surface area contributed by atoms with Gasteiger partial charge in [-0.05, 0) is 37.0 Å². The van der Waals surface area contributed by atoms with Crippen LogP contribution in [0.2, 0.25) is 10.0 Å². The summed E-state index contributed by atoms with van der Waals surface area (Å²) in [6.07, 6.45) is 0. The Labute approximate surface area is 147 Å². The lowest BCUT2D eigenvalue weighted by molar-refractivity contribution is -0.389. The Kier molecular flexibility index (Phi) is 5.53. The number of hydrogen-bond acceptors (Lipinski definition) is 5. The smallest absolute Gasteiger partial charge is 0.358 e. The summed E-state index contributed by atoms with van der Waals surface area (Å²) in [5, 5.41) is 19.1. The highest BCUT2D eigenvalue weighted by Crippen LogP contribution is 2.22. The van der Waals surface area contributed by atoms with E-state index < -0.39 is 10.8 Å². The molecule has 126 valence electrons. The molecule has 8 nitrogen and oxygen atoms in total. The molecule has 10 heteroatoms. The van der Waals surface area contributed by atoms with Crippen molar-refractivity contribution in [3.63, 3.8) is 0 Å². The van der Waals surface area contributed by atoms with Gasteiger partial charge in [-0.15, -0.1) is 0 Å². The van der Waals surface area contributed by atoms with Gasteiger partial charge in [0, 0.05) is 5.56 Å². The third-order valence-electron chi connectivity index (χ3n) is 3.06. The molecule has 0 spiro atoms. The largest absolute Gasteiger partial charge is 0.390 e. The van der Waals surface area contributed by atoms with Crippen LogP contribution in [0.4, 0.5) is 5.82 Å². The van der Waals surface area contributed by atoms with Crippen LogP contribution in [-0.4, -0.2) is 26.3 Å². The minimum absolute atomic E-state index is 0.210. The molecule has 2 rings (SSSR count). The standard InChI is InChI=1S/C14H13Cl2N5O3/c1-8(7-20-9(2)5-13(19-20)21(23)24)17-18-14(22)10-3-4-11(15)12(16)6-10/h3-6H,7H2,1-2H3,(H,18,22)/b17-8+. The van der Waals surface area contributed by atoms with Crippen molar-refractivity contribution in [2.24, 2.45) is 5.10 Å². The van der Waals surface area contributed by atoms with Gasteiger partial charge < -0.3 is 10.1 Å². The van der Waals surface area contributed by atoms with E-state index in [0.29, 0.717) is 22.0 Å². The van der Waals surface area contributed by atoms with Crippen molar-refractivity contribution in [1.82, 2.24) is 15.2 Å². The number of amides is 1. The average molecular weight is 370 g/mol. The van der Waals surface area contributed by atoms with Crippen LogP contribution in [0.15, 0.2) is 29.4 Å². The summed E-state index contributed by atoms with van der Waals surface area (Å²) in [7, 11) is 0. The van der Waals surface area contributed by atoms with Crippen molar-refractivity contribution in [3.05, 3.63) is 55.7 Å². The van der Waals surface area contributed by atoms with Gasteiger partial charge in [0.2, 0.25) is 0 Å². The fraction of sp³-hybridized carbons (Fsp3) is 0.214. The molecule has 1 N–H and O–H groups in total. The van der Waals surface area contributed by atoms with Crippen molar-refractivity contribution >= 4 is 40.6 Å². The molecule has 1 aromatic carbocycles. The maximum atomic E-state index is 12.0. The fourth-order valence-corrected chi connectivity index (χ4v) is 2.14. The van der Waals surface area contributed by atoms with Gasteiger partial charge >= 0.3 is 5.82 Å². The van der Waals surface area contributed by atoms with Gasteiger partial charge in [0.15, 0.2) is 0 Å². The molecule has 0 radical (unpaired) electrons. The molecule has 0 saturated carbocycles. The first kappa shape index (κ1) is 17.9. The summed E-state index contributed by atoms with van der Waals surface area (Å²) in [4.78, 5) is 22.1. The quantitative estimate of drug-likeness (QED) is 0.496. The maximum absolute atomic E-state index is 12.0. The molecular formula is C14H13Cl2N5O3. The molecule has 0 fully saturated rings. The van der Waals surface area contributed by atoms with Crippen LogP contribution in [-0.2, 0) is 6.54 Å². The monoisotopic (exact) mass is 369 g/mol. The van der Waals surface area contributed by atoms with Gasteiger partial charge in [0.1, 0.15) is 6.54 Å². The third kappa shape index (κ3) is 4.30. The lowest BCUT2D eigenvalue weighted by Crippen LogP contribution is -2.21. The van der Waals surface area contributed by atoms with Crippen molar-refractivity contribution in [2.75, 3.05) is 0 Å². The Balaban J connectivity index is 2.04. The van der Waals surface area contributed by atoms with Crippen LogP contribution in [0.3, 0.4) is 0 Å². The Morgan fingerprint density at radius 2 is 2.08 bits per heavy atom. The van der Waals surface area contributed by atoms with E-state index in [4.69, 9.17) is 23.2 Å². The first-order valence-electron chi connectivity index (χ1n) is 6.75. The molecule has 1 aromatic heterocycles. The molecule has 0 atom stereocenters. The number of hydrazone groups is 1. The van der Waals surface area contributed by atoms with E-state index in [1.54, 1.807) is 13.8 Å². The molecular weight excluding hydrogens is 357 g/mol. The minimum Gasteiger partial charge on any atom is -0.358 e. The van der Waals surface area contributed by atoms with Crippen LogP contribution in [0, 0.1) is 17.0 Å². The number of carbonyl (C=O) groups excluding carboxylic acids is 1. The Morgan fingerprint density at radius 1 is 1.38 bits per heavy atom. The number of nitrogens with one attached hydrogen (secondary N) is 1. The van der Waals surface area contributed by atoms with Crippen molar-refractivity contribution in [1.29, 1.82) is 0 Å². The number of aromatic nitrogens is 2. The zero-order chi connectivity index (χ0) is 17.9. The number of halogens is 2. The second-order valence-electron chi connectivity index (χ2n) is 4.98. The van der Waals surface area contributed by atoms with Gasteiger partial charge in [-0.2, -0.15) is 9.78 Å². The summed E-state index contributed by atoms with van der Waals surface area (Å²) in [6, 6.07) is 5.84. The number of rotatable bonds is 5. The second-order valence-corrected chi connectivity index (χ2v) is 5.79. The highest BCUT2D eigenvalue weighted by atomic mass is 35.5. The SMILES string of the molecule is C/C(Cn1nc([N+](=O)[O-])cc1C)=N\NC(=O)c1ccc(Cl)c(Cl)c1. The van der Waals surface area contributed by atoms with E-state index in [1.807, 2.05) is 0 Å². The number of hydrogen-bond donors (Lipinski definition) is 1. The Hall–Kier alpha value is -2.45. The van der Waals surface area contributed by atoms with Gasteiger partial charge in [-0.3, -0.25) is 4.79 Å². The van der Waals surface area contributed by atoms with E-state index in [1.165, 1.54) is 28.9 Å². The van der Waals surface area contributed by atoms with Gasteiger partial charge in [0.25, 0.3) is 5.91 Å². The molecule has 0 unspecified atom stereocenters. The predicted molar refractivity (Wildman–Crippen MR) is 90.7 cm³/mol. The summed E-state index contributed by atoms with van der Waals surface area (Å²) in [5.41, 5.74) is 3.83. The topological polar surface area (TPSA) is 102 Å². The Morgan fingerprint density at radius 3 is 2.67 bits per heavy atom. The normalized spacial score (nSPS) is 11.4. The van der Waals surface area contributed by atoms with E-state index in [-0.39, 0.29) is 17.4 Å². The molecule has 0 aliphatic heterocycles. The maximum Gasteiger partial charge on any atom is 0.390 e. The van der Waals surface area contributed by atoms with Gasteiger partial charge in [-0.25, -0.2) is 5.43 Å². The summed E-state index contributed by atoms with van der Waals surface area (Å²) in [6.45, 7) is 3.57. The lowest BCUT2D eigenvalue weighted by Gasteiger charge is -2.04. The van der Waals surface area contributed by atoms with E-state index in [2.05, 4.69) is 15.6 Å². The van der Waals surface area contributed by atoms with Crippen LogP contribution in [0.25, 0.3) is 0 Å². The van der Waals surface area contributed by atoms with E-state index >= 15 is 0 Å². The van der Waals surface area contributed by atoms with Crippen molar-refractivity contribution in [2.45, 2.75) is 20.4 Å². The fourth-order valence-electron chi connectivity index (χ4n) is 1.84. The predicted octanol–water partition coefficient (Wildman–Crippen LogP) is 3.21.